The van der Waals surface area contributed by atoms with E-state index in [1.165, 1.54) is 0 Å². The number of hydrogen-bond donors (Lipinski definition) is 1. The van der Waals surface area contributed by atoms with Crippen molar-refractivity contribution in [3.05, 3.63) is 0 Å². The summed E-state index contributed by atoms with van der Waals surface area (Å²) in [4.78, 5) is 10.8. The van der Waals surface area contributed by atoms with Crippen LogP contribution >= 0.6 is 0 Å². The normalized spacial score (nSPS) is 11.5. The Labute approximate surface area is 62.0 Å². The topological polar surface area (TPSA) is 29.1 Å². The number of rotatable bonds is 3. The highest BCUT2D eigenvalue weighted by Gasteiger charge is 2.07. The monoisotopic (exact) mass is 139 g/mol. The van der Waals surface area contributed by atoms with Crippen LogP contribution in [-0.4, -0.2) is 18.9 Å². The molecular weight excluding hydrogens is 126 g/mol. The lowest BCUT2D eigenvalue weighted by molar-refractivity contribution is -0.118. The van der Waals surface area contributed by atoms with Gasteiger partial charge in [-0.15, -0.1) is 11.8 Å². The summed E-state index contributed by atoms with van der Waals surface area (Å²) in [5, 5.41) is 2.88. The van der Waals surface area contributed by atoms with Gasteiger partial charge in [-0.3, -0.25) is 4.79 Å². The molecule has 10 heavy (non-hydrogen) atoms. The molecule has 2 heteroatoms. The van der Waals surface area contributed by atoms with Gasteiger partial charge >= 0.3 is 0 Å². The molecule has 1 N–H and O–H groups in total. The fourth-order valence-electron chi connectivity index (χ4n) is 0.653. The van der Waals surface area contributed by atoms with Gasteiger partial charge in [-0.2, -0.15) is 0 Å². The number of likely N-dealkylation sites (N-methyl/N-ethyl adjacent to an activating group) is 1. The number of ketones is 1. The van der Waals surface area contributed by atoms with Gasteiger partial charge < -0.3 is 5.32 Å². The molecule has 0 aliphatic rings. The van der Waals surface area contributed by atoms with Gasteiger partial charge in [0.25, 0.3) is 0 Å². The summed E-state index contributed by atoms with van der Waals surface area (Å²) in [6.45, 7) is 3.34. The number of carbonyl (C=O) groups is 1. The van der Waals surface area contributed by atoms with Crippen molar-refractivity contribution in [1.82, 2.24) is 5.32 Å². The van der Waals surface area contributed by atoms with Crippen molar-refractivity contribution in [3.63, 3.8) is 0 Å². The molecule has 0 aromatic carbocycles. The smallest absolute Gasteiger partial charge is 0.147 e. The molecule has 0 amide bonds. The first-order valence-electron chi connectivity index (χ1n) is 3.29. The second-order valence-electron chi connectivity index (χ2n) is 2.08. The molecule has 0 aromatic rings. The number of carbonyl (C=O) groups excluding carboxylic acids is 1. The maximum absolute atomic E-state index is 10.8. The molecule has 0 aliphatic heterocycles. The van der Waals surface area contributed by atoms with E-state index < -0.39 is 0 Å². The fourth-order valence-corrected chi connectivity index (χ4v) is 0.653. The lowest BCUT2D eigenvalue weighted by Crippen LogP contribution is -2.31. The van der Waals surface area contributed by atoms with Crippen molar-refractivity contribution in [2.75, 3.05) is 7.05 Å². The van der Waals surface area contributed by atoms with Crippen molar-refractivity contribution in [2.45, 2.75) is 26.3 Å². The van der Waals surface area contributed by atoms with Gasteiger partial charge in [0.2, 0.25) is 0 Å². The second-order valence-corrected chi connectivity index (χ2v) is 2.08. The van der Waals surface area contributed by atoms with Crippen LogP contribution in [0.2, 0.25) is 0 Å². The minimum Gasteiger partial charge on any atom is -0.310 e. The molecule has 56 valence electrons. The fraction of sp³-hybridized carbons (Fsp3) is 0.625. The van der Waals surface area contributed by atoms with Gasteiger partial charge in [-0.05, 0) is 20.9 Å². The van der Waals surface area contributed by atoms with Crippen LogP contribution in [0.3, 0.4) is 0 Å². The molecule has 0 aromatic heterocycles. The SMILES string of the molecule is CC#CC[C@H](NC)C(C)=O. The van der Waals surface area contributed by atoms with Gasteiger partial charge in [0, 0.05) is 6.42 Å². The summed E-state index contributed by atoms with van der Waals surface area (Å²) < 4.78 is 0. The lowest BCUT2D eigenvalue weighted by atomic mass is 10.1. The molecular formula is C8H13NO. The van der Waals surface area contributed by atoms with Crippen LogP contribution < -0.4 is 5.32 Å². The van der Waals surface area contributed by atoms with Gasteiger partial charge in [0.15, 0.2) is 0 Å². The molecule has 0 saturated carbocycles. The van der Waals surface area contributed by atoms with Crippen LogP contribution in [-0.2, 0) is 4.79 Å². The Morgan fingerprint density at radius 1 is 1.70 bits per heavy atom. The molecule has 0 fully saturated rings. The largest absolute Gasteiger partial charge is 0.310 e. The lowest BCUT2D eigenvalue weighted by Gasteiger charge is -2.06. The third-order valence-corrected chi connectivity index (χ3v) is 1.32. The maximum atomic E-state index is 10.8. The maximum Gasteiger partial charge on any atom is 0.147 e. The van der Waals surface area contributed by atoms with Crippen LogP contribution in [0, 0.1) is 11.8 Å². The Hall–Kier alpha value is -0.810. The Kier molecular flexibility index (Phi) is 4.61. The standard InChI is InChI=1S/C8H13NO/c1-4-5-6-8(9-3)7(2)10/h8-9H,6H2,1-3H3/t8-/m0/s1. The average molecular weight is 139 g/mol. The minimum absolute atomic E-state index is 0.0903. The number of Topliss-reactive ketones (excluding diaryl/α,β-unsaturated/α-hetero) is 1. The van der Waals surface area contributed by atoms with E-state index in [2.05, 4.69) is 17.2 Å². The quantitative estimate of drug-likeness (QED) is 0.579. The molecule has 0 spiro atoms. The van der Waals surface area contributed by atoms with E-state index in [4.69, 9.17) is 0 Å². The Bertz CT molecular complexity index is 164. The highest BCUT2D eigenvalue weighted by Crippen LogP contribution is 1.89. The molecule has 0 radical (unpaired) electrons. The predicted molar refractivity (Wildman–Crippen MR) is 41.6 cm³/mol. The average Bonchev–Trinajstić information content (AvgIpc) is 1.89. The number of hydrogen-bond acceptors (Lipinski definition) is 2. The van der Waals surface area contributed by atoms with E-state index in [-0.39, 0.29) is 11.8 Å². The van der Waals surface area contributed by atoms with Crippen LogP contribution in [0.1, 0.15) is 20.3 Å². The van der Waals surface area contributed by atoms with Gasteiger partial charge in [0.1, 0.15) is 5.78 Å². The van der Waals surface area contributed by atoms with E-state index in [0.717, 1.165) is 0 Å². The highest BCUT2D eigenvalue weighted by atomic mass is 16.1. The predicted octanol–water partition coefficient (Wildman–Crippen LogP) is 0.577. The zero-order valence-electron chi connectivity index (χ0n) is 6.69. The number of nitrogens with one attached hydrogen (secondary N) is 1. The van der Waals surface area contributed by atoms with E-state index in [0.29, 0.717) is 6.42 Å². The van der Waals surface area contributed by atoms with Crippen molar-refractivity contribution in [1.29, 1.82) is 0 Å². The van der Waals surface area contributed by atoms with E-state index in [1.807, 2.05) is 0 Å². The minimum atomic E-state index is -0.0903. The first-order valence-corrected chi connectivity index (χ1v) is 3.29. The van der Waals surface area contributed by atoms with Gasteiger partial charge in [-0.1, -0.05) is 0 Å². The van der Waals surface area contributed by atoms with Crippen molar-refractivity contribution < 1.29 is 4.79 Å². The summed E-state index contributed by atoms with van der Waals surface area (Å²) in [6, 6.07) is -0.0903. The van der Waals surface area contributed by atoms with Crippen LogP contribution in [0.4, 0.5) is 0 Å². The van der Waals surface area contributed by atoms with Crippen LogP contribution in [0.25, 0.3) is 0 Å². The Morgan fingerprint density at radius 2 is 2.30 bits per heavy atom. The third-order valence-electron chi connectivity index (χ3n) is 1.32. The summed E-state index contributed by atoms with van der Waals surface area (Å²) >= 11 is 0. The van der Waals surface area contributed by atoms with Crippen LogP contribution in [0.5, 0.6) is 0 Å². The van der Waals surface area contributed by atoms with Crippen LogP contribution in [0.15, 0.2) is 0 Å². The van der Waals surface area contributed by atoms with E-state index >= 15 is 0 Å². The summed E-state index contributed by atoms with van der Waals surface area (Å²) in [6.07, 6.45) is 0.613. The van der Waals surface area contributed by atoms with Gasteiger partial charge in [0.05, 0.1) is 6.04 Å². The first kappa shape index (κ1) is 9.19. The molecule has 0 bridgehead atoms. The van der Waals surface area contributed by atoms with E-state index in [9.17, 15) is 4.79 Å². The highest BCUT2D eigenvalue weighted by molar-refractivity contribution is 5.81. The first-order chi connectivity index (χ1) is 4.72. The Morgan fingerprint density at radius 3 is 2.60 bits per heavy atom. The van der Waals surface area contributed by atoms with Gasteiger partial charge in [-0.25, -0.2) is 0 Å². The second kappa shape index (κ2) is 5.01. The summed E-state index contributed by atoms with van der Waals surface area (Å²) in [5.74, 6) is 5.74. The molecule has 0 unspecified atom stereocenters. The zero-order valence-corrected chi connectivity index (χ0v) is 6.69. The van der Waals surface area contributed by atoms with Crippen molar-refractivity contribution in [2.24, 2.45) is 0 Å². The third kappa shape index (κ3) is 3.26. The molecule has 2 nitrogen and oxygen atoms in total. The van der Waals surface area contributed by atoms with Crippen molar-refractivity contribution >= 4 is 5.78 Å². The molecule has 0 aliphatic carbocycles. The summed E-state index contributed by atoms with van der Waals surface area (Å²) in [7, 11) is 1.77. The Balaban J connectivity index is 3.79. The molecule has 0 rings (SSSR count). The molecule has 0 saturated heterocycles. The van der Waals surface area contributed by atoms with E-state index in [1.54, 1.807) is 20.9 Å². The summed E-state index contributed by atoms with van der Waals surface area (Å²) in [5.41, 5.74) is 0. The zero-order chi connectivity index (χ0) is 7.98. The van der Waals surface area contributed by atoms with Crippen molar-refractivity contribution in [3.8, 4) is 11.8 Å². The molecule has 1 atom stereocenters. The molecule has 0 heterocycles.